The van der Waals surface area contributed by atoms with Gasteiger partial charge in [-0.2, -0.15) is 0 Å². The molecule has 0 saturated heterocycles. The number of nitrogens with zero attached hydrogens (tertiary/aromatic N) is 3. The number of aryl methyl sites for hydroxylation is 1. The quantitative estimate of drug-likeness (QED) is 0.545. The summed E-state index contributed by atoms with van der Waals surface area (Å²) in [5, 5.41) is 11.8. The predicted molar refractivity (Wildman–Crippen MR) is 116 cm³/mol. The highest BCUT2D eigenvalue weighted by atomic mass is 16.5. The Morgan fingerprint density at radius 1 is 1.25 bits per heavy atom. The summed E-state index contributed by atoms with van der Waals surface area (Å²) in [5.41, 5.74) is 3.85. The summed E-state index contributed by atoms with van der Waals surface area (Å²) in [6, 6.07) is 3.73. The summed E-state index contributed by atoms with van der Waals surface area (Å²) in [7, 11) is 0. The third-order valence-corrected chi connectivity index (χ3v) is 5.37. The number of carboxylic acids is 1. The van der Waals surface area contributed by atoms with E-state index in [4.69, 9.17) is 9.84 Å². The zero-order chi connectivity index (χ0) is 22.9. The first kappa shape index (κ1) is 22.9. The first-order valence-corrected chi connectivity index (χ1v) is 10.4. The molecule has 0 radical (unpaired) electrons. The Morgan fingerprint density at radius 3 is 2.78 bits per heavy atom. The lowest BCUT2D eigenvalue weighted by Gasteiger charge is -2.31. The van der Waals surface area contributed by atoms with E-state index in [0.717, 1.165) is 22.4 Å². The summed E-state index contributed by atoms with van der Waals surface area (Å²) in [6.07, 6.45) is 8.39. The number of amides is 2. The first-order chi connectivity index (χ1) is 15.5. The van der Waals surface area contributed by atoms with Crippen molar-refractivity contribution in [2.45, 2.75) is 39.2 Å². The lowest BCUT2D eigenvalue weighted by molar-refractivity contribution is -0.137. The molecule has 9 nitrogen and oxygen atoms in total. The molecule has 2 N–H and O–H groups in total. The molecule has 2 amide bonds. The fourth-order valence-corrected chi connectivity index (χ4v) is 3.71. The van der Waals surface area contributed by atoms with Gasteiger partial charge in [0.15, 0.2) is 0 Å². The molecule has 0 fully saturated rings. The second kappa shape index (κ2) is 11.0. The SMILES string of the molecule is C/C=C(\CCOc1ccc(CCC(=O)O)c2c1CCN(C(=O)c1cnccn1)C2)NC=O. The Hall–Kier alpha value is -3.75. The normalized spacial score (nSPS) is 13.3. The van der Waals surface area contributed by atoms with Gasteiger partial charge in [-0.3, -0.25) is 19.4 Å². The molecule has 0 spiro atoms. The third kappa shape index (κ3) is 5.69. The van der Waals surface area contributed by atoms with Gasteiger partial charge in [0.1, 0.15) is 11.4 Å². The fourth-order valence-electron chi connectivity index (χ4n) is 3.71. The van der Waals surface area contributed by atoms with Crippen molar-refractivity contribution in [1.29, 1.82) is 0 Å². The number of carbonyl (C=O) groups excluding carboxylic acids is 2. The number of hydrogen-bond donors (Lipinski definition) is 2. The molecule has 0 atom stereocenters. The summed E-state index contributed by atoms with van der Waals surface area (Å²) in [4.78, 5) is 44.4. The summed E-state index contributed by atoms with van der Waals surface area (Å²) < 4.78 is 6.01. The maximum Gasteiger partial charge on any atom is 0.303 e. The molecule has 0 unspecified atom stereocenters. The van der Waals surface area contributed by atoms with E-state index < -0.39 is 5.97 Å². The molecule has 9 heteroatoms. The van der Waals surface area contributed by atoms with Gasteiger partial charge in [0.25, 0.3) is 5.91 Å². The van der Waals surface area contributed by atoms with Crippen LogP contribution in [0.2, 0.25) is 0 Å². The van der Waals surface area contributed by atoms with Crippen molar-refractivity contribution in [2.75, 3.05) is 13.2 Å². The van der Waals surface area contributed by atoms with Gasteiger partial charge >= 0.3 is 5.97 Å². The van der Waals surface area contributed by atoms with E-state index in [2.05, 4.69) is 15.3 Å². The average Bonchev–Trinajstić information content (AvgIpc) is 2.82. The highest BCUT2D eigenvalue weighted by Crippen LogP contribution is 2.32. The Balaban J connectivity index is 1.81. The van der Waals surface area contributed by atoms with E-state index in [9.17, 15) is 14.4 Å². The highest BCUT2D eigenvalue weighted by molar-refractivity contribution is 5.92. The lowest BCUT2D eigenvalue weighted by Crippen LogP contribution is -2.37. The van der Waals surface area contributed by atoms with Crippen LogP contribution < -0.4 is 10.1 Å². The van der Waals surface area contributed by atoms with Gasteiger partial charge in [0.2, 0.25) is 6.41 Å². The van der Waals surface area contributed by atoms with Gasteiger partial charge < -0.3 is 20.1 Å². The van der Waals surface area contributed by atoms with E-state index in [-0.39, 0.29) is 18.0 Å². The molecular weight excluding hydrogens is 412 g/mol. The van der Waals surface area contributed by atoms with Gasteiger partial charge in [-0.05, 0) is 37.0 Å². The molecule has 168 valence electrons. The maximum absolute atomic E-state index is 12.9. The van der Waals surface area contributed by atoms with Gasteiger partial charge in [-0.15, -0.1) is 0 Å². The van der Waals surface area contributed by atoms with Gasteiger partial charge in [0.05, 0.1) is 12.8 Å². The molecule has 1 aliphatic rings. The molecule has 0 bridgehead atoms. The number of hydrogen-bond acceptors (Lipinski definition) is 6. The summed E-state index contributed by atoms with van der Waals surface area (Å²) in [6.45, 7) is 3.06. The number of carbonyl (C=O) groups is 3. The van der Waals surface area contributed by atoms with Crippen LogP contribution in [0.5, 0.6) is 5.75 Å². The van der Waals surface area contributed by atoms with Crippen LogP contribution in [-0.4, -0.2) is 51.4 Å². The maximum atomic E-state index is 12.9. The molecule has 3 rings (SSSR count). The Labute approximate surface area is 186 Å². The summed E-state index contributed by atoms with van der Waals surface area (Å²) >= 11 is 0. The minimum Gasteiger partial charge on any atom is -0.493 e. The number of benzene rings is 1. The molecule has 2 aromatic rings. The zero-order valence-electron chi connectivity index (χ0n) is 17.9. The number of ether oxygens (including phenoxy) is 1. The molecule has 1 aromatic carbocycles. The van der Waals surface area contributed by atoms with Crippen LogP contribution in [0.15, 0.2) is 42.5 Å². The fraction of sp³-hybridized carbons (Fsp3) is 0.348. The van der Waals surface area contributed by atoms with Crippen LogP contribution in [0, 0.1) is 0 Å². The Morgan fingerprint density at radius 2 is 2.09 bits per heavy atom. The summed E-state index contributed by atoms with van der Waals surface area (Å²) in [5.74, 6) is -0.368. The van der Waals surface area contributed by atoms with Crippen LogP contribution >= 0.6 is 0 Å². The van der Waals surface area contributed by atoms with E-state index >= 15 is 0 Å². The minimum atomic E-state index is -0.871. The van der Waals surface area contributed by atoms with Crippen molar-refractivity contribution < 1.29 is 24.2 Å². The molecule has 2 heterocycles. The number of fused-ring (bicyclic) bond motifs is 1. The molecule has 32 heavy (non-hydrogen) atoms. The van der Waals surface area contributed by atoms with Crippen LogP contribution in [-0.2, 0) is 29.0 Å². The monoisotopic (exact) mass is 438 g/mol. The van der Waals surface area contributed by atoms with E-state index in [1.807, 2.05) is 25.1 Å². The second-order valence-corrected chi connectivity index (χ2v) is 7.32. The zero-order valence-corrected chi connectivity index (χ0v) is 17.9. The van der Waals surface area contributed by atoms with Crippen LogP contribution in [0.3, 0.4) is 0 Å². The smallest absolute Gasteiger partial charge is 0.303 e. The van der Waals surface area contributed by atoms with Crippen LogP contribution in [0.25, 0.3) is 0 Å². The largest absolute Gasteiger partial charge is 0.493 e. The average molecular weight is 438 g/mol. The standard InChI is InChI=1S/C23H26N4O5/c1-2-17(26-15-28)8-12-32-21-5-3-16(4-6-22(29)30)19-14-27(11-7-18(19)21)23(31)20-13-24-9-10-25-20/h2-3,5,9-10,13,15H,4,6-8,11-12,14H2,1H3,(H,26,28)(H,29,30)/b17-2+. The predicted octanol–water partition coefficient (Wildman–Crippen LogP) is 2.11. The van der Waals surface area contributed by atoms with E-state index in [0.29, 0.717) is 51.1 Å². The van der Waals surface area contributed by atoms with Crippen molar-refractivity contribution in [1.82, 2.24) is 20.2 Å². The van der Waals surface area contributed by atoms with E-state index in [1.165, 1.54) is 18.6 Å². The number of allylic oxidation sites excluding steroid dienone is 1. The molecular formula is C23H26N4O5. The topological polar surface area (TPSA) is 122 Å². The van der Waals surface area contributed by atoms with Crippen LogP contribution in [0.4, 0.5) is 0 Å². The van der Waals surface area contributed by atoms with Crippen LogP contribution in [0.1, 0.15) is 46.9 Å². The molecule has 1 aromatic heterocycles. The van der Waals surface area contributed by atoms with Crippen molar-refractivity contribution in [2.24, 2.45) is 0 Å². The molecule has 0 saturated carbocycles. The van der Waals surface area contributed by atoms with Gasteiger partial charge in [-0.1, -0.05) is 12.1 Å². The highest BCUT2D eigenvalue weighted by Gasteiger charge is 2.27. The van der Waals surface area contributed by atoms with Crippen molar-refractivity contribution in [3.8, 4) is 5.75 Å². The number of rotatable bonds is 10. The molecule has 0 aliphatic carbocycles. The minimum absolute atomic E-state index is 0.00672. The molecule has 1 aliphatic heterocycles. The third-order valence-electron chi connectivity index (χ3n) is 5.37. The van der Waals surface area contributed by atoms with Crippen molar-refractivity contribution >= 4 is 18.3 Å². The Bertz CT molecular complexity index is 1010. The van der Waals surface area contributed by atoms with Gasteiger partial charge in [0, 0.05) is 49.6 Å². The first-order valence-electron chi connectivity index (χ1n) is 10.4. The van der Waals surface area contributed by atoms with E-state index in [1.54, 1.807) is 4.90 Å². The number of aromatic nitrogens is 2. The van der Waals surface area contributed by atoms with Crippen molar-refractivity contribution in [3.63, 3.8) is 0 Å². The van der Waals surface area contributed by atoms with Gasteiger partial charge in [-0.25, -0.2) is 4.98 Å². The number of nitrogens with one attached hydrogen (secondary N) is 1. The number of carboxylic acid groups (broad SMARTS) is 1. The van der Waals surface area contributed by atoms with Crippen molar-refractivity contribution in [3.05, 3.63) is 64.9 Å². The number of aliphatic carboxylic acids is 1. The lowest BCUT2D eigenvalue weighted by atomic mass is 9.91. The Kier molecular flexibility index (Phi) is 7.91. The second-order valence-electron chi connectivity index (χ2n) is 7.32.